The van der Waals surface area contributed by atoms with E-state index < -0.39 is 34.4 Å². The second-order valence-electron chi connectivity index (χ2n) is 7.23. The summed E-state index contributed by atoms with van der Waals surface area (Å²) in [6.07, 6.45) is 0.386. The van der Waals surface area contributed by atoms with E-state index in [0.29, 0.717) is 23.4 Å². The van der Waals surface area contributed by atoms with E-state index in [1.807, 2.05) is 6.92 Å². The molecule has 3 rings (SSSR count). The number of nitrogens with zero attached hydrogens (tertiary/aromatic N) is 2. The molecular formula is C20H23FN2O5S. The van der Waals surface area contributed by atoms with E-state index in [4.69, 9.17) is 4.74 Å². The quantitative estimate of drug-likeness (QED) is 0.689. The first-order valence-electron chi connectivity index (χ1n) is 9.17. The van der Waals surface area contributed by atoms with Crippen LogP contribution in [0.4, 0.5) is 4.39 Å². The van der Waals surface area contributed by atoms with E-state index in [1.54, 1.807) is 29.7 Å². The number of aryl methyl sites for hydroxylation is 1. The number of sulfone groups is 1. The van der Waals surface area contributed by atoms with Gasteiger partial charge in [0.1, 0.15) is 5.82 Å². The van der Waals surface area contributed by atoms with Crippen LogP contribution in [0.1, 0.15) is 28.2 Å². The molecule has 1 saturated heterocycles. The fourth-order valence-electron chi connectivity index (χ4n) is 3.55. The summed E-state index contributed by atoms with van der Waals surface area (Å²) in [4.78, 5) is 26.1. The Bertz CT molecular complexity index is 1040. The highest BCUT2D eigenvalue weighted by Gasteiger charge is 2.33. The van der Waals surface area contributed by atoms with Crippen molar-refractivity contribution >= 4 is 21.7 Å². The minimum Gasteiger partial charge on any atom is -0.452 e. The number of hydrogen-bond acceptors (Lipinski definition) is 5. The van der Waals surface area contributed by atoms with Crippen LogP contribution in [0.2, 0.25) is 0 Å². The zero-order valence-electron chi connectivity index (χ0n) is 16.5. The maximum atomic E-state index is 13.2. The first kappa shape index (κ1) is 21.0. The monoisotopic (exact) mass is 422 g/mol. The molecule has 0 aliphatic carbocycles. The molecule has 1 atom stereocenters. The number of rotatable bonds is 5. The molecule has 1 fully saturated rings. The van der Waals surface area contributed by atoms with Crippen molar-refractivity contribution in [3.8, 4) is 5.69 Å². The van der Waals surface area contributed by atoms with Gasteiger partial charge >= 0.3 is 5.97 Å². The summed E-state index contributed by atoms with van der Waals surface area (Å²) < 4.78 is 43.3. The number of carbonyl (C=O) groups excluding carboxylic acids is 2. The van der Waals surface area contributed by atoms with Crippen LogP contribution in [0.15, 0.2) is 30.3 Å². The molecule has 0 bridgehead atoms. The number of benzene rings is 1. The van der Waals surface area contributed by atoms with Crippen LogP contribution in [0.25, 0.3) is 5.69 Å². The molecule has 1 aromatic heterocycles. The molecule has 0 radical (unpaired) electrons. The number of hydrogen-bond donors (Lipinski definition) is 0. The summed E-state index contributed by atoms with van der Waals surface area (Å²) in [5, 5.41) is 0. The SMILES string of the molecule is Cc1cc(C(=O)OCC(=O)N(C)C2CCS(=O)(=O)C2)c(C)n1-c1ccc(F)cc1. The minimum absolute atomic E-state index is 0.0600. The fourth-order valence-corrected chi connectivity index (χ4v) is 5.32. The summed E-state index contributed by atoms with van der Waals surface area (Å²) in [6.45, 7) is 3.09. The molecule has 0 N–H and O–H groups in total. The van der Waals surface area contributed by atoms with Crippen LogP contribution < -0.4 is 0 Å². The van der Waals surface area contributed by atoms with E-state index in [1.165, 1.54) is 24.1 Å². The van der Waals surface area contributed by atoms with Gasteiger partial charge in [0, 0.05) is 30.2 Å². The molecule has 0 saturated carbocycles. The molecule has 9 heteroatoms. The van der Waals surface area contributed by atoms with E-state index in [9.17, 15) is 22.4 Å². The molecule has 156 valence electrons. The third-order valence-electron chi connectivity index (χ3n) is 5.21. The fraction of sp³-hybridized carbons (Fsp3) is 0.400. The molecule has 1 aliphatic heterocycles. The first-order valence-corrected chi connectivity index (χ1v) is 11.0. The van der Waals surface area contributed by atoms with Crippen molar-refractivity contribution in [3.63, 3.8) is 0 Å². The average Bonchev–Trinajstić information content (AvgIpc) is 3.18. The van der Waals surface area contributed by atoms with Gasteiger partial charge in [-0.2, -0.15) is 0 Å². The van der Waals surface area contributed by atoms with Crippen LogP contribution in [-0.2, 0) is 19.4 Å². The highest BCUT2D eigenvalue weighted by molar-refractivity contribution is 7.91. The molecule has 1 aromatic carbocycles. The molecule has 1 amide bonds. The number of ether oxygens (including phenoxy) is 1. The Kier molecular flexibility index (Phi) is 5.79. The molecule has 7 nitrogen and oxygen atoms in total. The standard InChI is InChI=1S/C20H23FN2O5S/c1-13-10-18(14(2)23(13)16-6-4-15(21)5-7-16)20(25)28-11-19(24)22(3)17-8-9-29(26,27)12-17/h4-7,10,17H,8-9,11-12H2,1-3H3. The van der Waals surface area contributed by atoms with Gasteiger partial charge in [0.2, 0.25) is 0 Å². The van der Waals surface area contributed by atoms with Gasteiger partial charge in [-0.05, 0) is 50.6 Å². The minimum atomic E-state index is -3.11. The smallest absolute Gasteiger partial charge is 0.340 e. The van der Waals surface area contributed by atoms with Gasteiger partial charge in [0.05, 0.1) is 17.1 Å². The maximum absolute atomic E-state index is 13.2. The van der Waals surface area contributed by atoms with Crippen molar-refractivity contribution in [2.75, 3.05) is 25.2 Å². The first-order chi connectivity index (χ1) is 13.6. The summed E-state index contributed by atoms with van der Waals surface area (Å²) in [5.74, 6) is -1.46. The van der Waals surface area contributed by atoms with Gasteiger partial charge < -0.3 is 14.2 Å². The van der Waals surface area contributed by atoms with Gasteiger partial charge in [-0.3, -0.25) is 4.79 Å². The average molecular weight is 422 g/mol. The van der Waals surface area contributed by atoms with Gasteiger partial charge in [0.15, 0.2) is 16.4 Å². The number of amides is 1. The molecule has 2 heterocycles. The van der Waals surface area contributed by atoms with Gasteiger partial charge in [-0.25, -0.2) is 17.6 Å². The van der Waals surface area contributed by atoms with Crippen molar-refractivity contribution in [3.05, 3.63) is 53.1 Å². The summed E-state index contributed by atoms with van der Waals surface area (Å²) in [5.41, 5.74) is 2.40. The second kappa shape index (κ2) is 7.98. The second-order valence-corrected chi connectivity index (χ2v) is 9.46. The van der Waals surface area contributed by atoms with Crippen molar-refractivity contribution < 1.29 is 27.1 Å². The van der Waals surface area contributed by atoms with Crippen molar-refractivity contribution in [2.24, 2.45) is 0 Å². The predicted molar refractivity (Wildman–Crippen MR) is 105 cm³/mol. The lowest BCUT2D eigenvalue weighted by atomic mass is 10.2. The predicted octanol–water partition coefficient (Wildman–Crippen LogP) is 2.04. The van der Waals surface area contributed by atoms with Gasteiger partial charge in [0.25, 0.3) is 5.91 Å². The molecule has 1 unspecified atom stereocenters. The van der Waals surface area contributed by atoms with Gasteiger partial charge in [-0.1, -0.05) is 0 Å². The van der Waals surface area contributed by atoms with Gasteiger partial charge in [-0.15, -0.1) is 0 Å². The third kappa shape index (κ3) is 4.50. The number of carbonyl (C=O) groups is 2. The topological polar surface area (TPSA) is 85.7 Å². The summed E-state index contributed by atoms with van der Waals surface area (Å²) >= 11 is 0. The third-order valence-corrected chi connectivity index (χ3v) is 6.96. The summed E-state index contributed by atoms with van der Waals surface area (Å²) in [6, 6.07) is 7.15. The number of esters is 1. The molecule has 0 spiro atoms. The molecular weight excluding hydrogens is 399 g/mol. The Hall–Kier alpha value is -2.68. The van der Waals surface area contributed by atoms with Crippen molar-refractivity contribution in [1.82, 2.24) is 9.47 Å². The van der Waals surface area contributed by atoms with Crippen molar-refractivity contribution in [2.45, 2.75) is 26.3 Å². The molecule has 2 aromatic rings. The zero-order valence-corrected chi connectivity index (χ0v) is 17.3. The number of aromatic nitrogens is 1. The Balaban J connectivity index is 1.67. The Morgan fingerprint density at radius 1 is 1.24 bits per heavy atom. The Labute approximate surface area is 169 Å². The van der Waals surface area contributed by atoms with E-state index in [2.05, 4.69) is 0 Å². The Morgan fingerprint density at radius 2 is 1.90 bits per heavy atom. The normalized spacial score (nSPS) is 17.9. The maximum Gasteiger partial charge on any atom is 0.340 e. The van der Waals surface area contributed by atoms with E-state index in [0.717, 1.165) is 5.69 Å². The van der Waals surface area contributed by atoms with Crippen LogP contribution in [0.3, 0.4) is 0 Å². The highest BCUT2D eigenvalue weighted by atomic mass is 32.2. The molecule has 1 aliphatic rings. The van der Waals surface area contributed by atoms with Crippen molar-refractivity contribution in [1.29, 1.82) is 0 Å². The molecule has 29 heavy (non-hydrogen) atoms. The van der Waals surface area contributed by atoms with Crippen LogP contribution in [-0.4, -0.2) is 61.0 Å². The number of halogens is 1. The van der Waals surface area contributed by atoms with E-state index >= 15 is 0 Å². The number of likely N-dealkylation sites (N-methyl/N-ethyl adjacent to an activating group) is 1. The van der Waals surface area contributed by atoms with Crippen LogP contribution in [0.5, 0.6) is 0 Å². The summed E-state index contributed by atoms with van der Waals surface area (Å²) in [7, 11) is -1.60. The Morgan fingerprint density at radius 3 is 2.48 bits per heavy atom. The van der Waals surface area contributed by atoms with E-state index in [-0.39, 0.29) is 17.3 Å². The lowest BCUT2D eigenvalue weighted by molar-refractivity contribution is -0.134. The highest BCUT2D eigenvalue weighted by Crippen LogP contribution is 2.22. The van der Waals surface area contributed by atoms with Crippen LogP contribution in [0, 0.1) is 19.7 Å². The van der Waals surface area contributed by atoms with Crippen LogP contribution >= 0.6 is 0 Å². The largest absolute Gasteiger partial charge is 0.452 e. The lowest BCUT2D eigenvalue weighted by Gasteiger charge is -2.23. The lowest BCUT2D eigenvalue weighted by Crippen LogP contribution is -2.40. The zero-order chi connectivity index (χ0) is 21.3.